The van der Waals surface area contributed by atoms with Crippen LogP contribution in [0.1, 0.15) is 73.6 Å². The summed E-state index contributed by atoms with van der Waals surface area (Å²) in [4.78, 5) is 39.7. The molecule has 0 aromatic carbocycles. The summed E-state index contributed by atoms with van der Waals surface area (Å²) in [7, 11) is 1.56. The number of ether oxygens (including phenoxy) is 1. The van der Waals surface area contributed by atoms with E-state index in [2.05, 4.69) is 36.2 Å². The lowest BCUT2D eigenvalue weighted by Gasteiger charge is -2.38. The molecule has 2 aliphatic rings. The van der Waals surface area contributed by atoms with Crippen molar-refractivity contribution < 1.29 is 18.7 Å². The smallest absolute Gasteiger partial charge is 0.252 e. The monoisotopic (exact) mass is 588 g/mol. The van der Waals surface area contributed by atoms with Gasteiger partial charge in [0.2, 0.25) is 5.91 Å². The molecule has 1 atom stereocenters. The Morgan fingerprint density at radius 2 is 2.02 bits per heavy atom. The molecule has 0 unspecified atom stereocenters. The number of methoxy groups -OCH3 is 1. The van der Waals surface area contributed by atoms with Gasteiger partial charge in [-0.15, -0.1) is 0 Å². The molecule has 1 aliphatic carbocycles. The van der Waals surface area contributed by atoms with Gasteiger partial charge in [-0.2, -0.15) is 10.2 Å². The predicted octanol–water partition coefficient (Wildman–Crippen LogP) is 3.78. The first-order chi connectivity index (χ1) is 20.7. The summed E-state index contributed by atoms with van der Waals surface area (Å²) in [5.74, 6) is 2.11. The van der Waals surface area contributed by atoms with Gasteiger partial charge in [0.1, 0.15) is 23.1 Å². The first kappa shape index (κ1) is 28.4. The molecular formula is C29H33FN10O3. The Bertz CT molecular complexity index is 1640. The van der Waals surface area contributed by atoms with Crippen LogP contribution in [0.25, 0.3) is 5.82 Å². The Morgan fingerprint density at radius 3 is 2.67 bits per heavy atom. The van der Waals surface area contributed by atoms with Gasteiger partial charge in [0.25, 0.3) is 5.91 Å². The zero-order valence-corrected chi connectivity index (χ0v) is 24.1. The van der Waals surface area contributed by atoms with Crippen LogP contribution >= 0.6 is 0 Å². The highest BCUT2D eigenvalue weighted by Gasteiger charge is 2.43. The number of amides is 2. The number of carbonyl (C=O) groups is 2. The topological polar surface area (TPSA) is 165 Å². The molecule has 0 spiro atoms. The zero-order chi connectivity index (χ0) is 30.1. The minimum atomic E-state index is -0.999. The molecule has 224 valence electrons. The van der Waals surface area contributed by atoms with Crippen molar-refractivity contribution in [2.45, 2.75) is 69.9 Å². The van der Waals surface area contributed by atoms with Crippen LogP contribution < -0.4 is 16.0 Å². The van der Waals surface area contributed by atoms with Gasteiger partial charge in [-0.25, -0.2) is 24.0 Å². The van der Waals surface area contributed by atoms with Crippen molar-refractivity contribution in [3.8, 4) is 5.82 Å². The fraction of sp³-hybridized carbons (Fsp3) is 0.414. The summed E-state index contributed by atoms with van der Waals surface area (Å²) in [5, 5.41) is 20.4. The van der Waals surface area contributed by atoms with E-state index in [0.717, 1.165) is 23.0 Å². The van der Waals surface area contributed by atoms with E-state index in [9.17, 15) is 14.0 Å². The number of anilines is 3. The van der Waals surface area contributed by atoms with Gasteiger partial charge in [-0.1, -0.05) is 6.07 Å². The maximum atomic E-state index is 13.5. The van der Waals surface area contributed by atoms with Crippen molar-refractivity contribution in [2.75, 3.05) is 17.7 Å². The third-order valence-corrected chi connectivity index (χ3v) is 8.20. The van der Waals surface area contributed by atoms with Crippen molar-refractivity contribution in [1.82, 2.24) is 40.2 Å². The van der Waals surface area contributed by atoms with Crippen molar-refractivity contribution in [3.63, 3.8) is 0 Å². The maximum Gasteiger partial charge on any atom is 0.252 e. The number of nitrogens with zero attached hydrogens (tertiary/aromatic N) is 6. The average molecular weight is 589 g/mol. The summed E-state index contributed by atoms with van der Waals surface area (Å²) >= 11 is 0. The highest BCUT2D eigenvalue weighted by atomic mass is 19.1. The molecule has 1 saturated carbocycles. The lowest BCUT2D eigenvalue weighted by atomic mass is 9.77. The molecule has 5 heterocycles. The maximum absolute atomic E-state index is 13.5. The Labute approximate surface area is 247 Å². The minimum Gasteiger partial charge on any atom is -0.368 e. The number of hydrogen-bond donors (Lipinski definition) is 4. The number of nitrogens with one attached hydrogen (secondary N) is 4. The Balaban J connectivity index is 1.14. The Morgan fingerprint density at radius 1 is 1.21 bits per heavy atom. The fourth-order valence-corrected chi connectivity index (χ4v) is 5.66. The largest absolute Gasteiger partial charge is 0.368 e. The first-order valence-electron chi connectivity index (χ1n) is 14.3. The van der Waals surface area contributed by atoms with Crippen LogP contribution in [0, 0.1) is 12.7 Å². The van der Waals surface area contributed by atoms with Crippen molar-refractivity contribution in [3.05, 3.63) is 65.3 Å². The number of aromatic amines is 1. The van der Waals surface area contributed by atoms with E-state index in [1.165, 1.54) is 10.9 Å². The number of aromatic nitrogens is 7. The standard InChI is InChI=1S/C29H33FN10O3/c1-16-12-22(39-38-16)34-26-21-5-7-24(41)35-27(21)37-25(36-26)18-8-10-29(43-3,11-9-18)28(42)33-17(2)19-4-6-23(31-13-19)40-15-20(30)14-32-40/h4,6,12-15,17-18H,5,7-11H2,1-3H3,(H,33,42)(H3,34,35,36,37,38,39,41)/t17-,18-,29+/m0/s1. The van der Waals surface area contributed by atoms with Crippen LogP contribution in [0.2, 0.25) is 0 Å². The molecule has 13 nitrogen and oxygen atoms in total. The predicted molar refractivity (Wildman–Crippen MR) is 154 cm³/mol. The van der Waals surface area contributed by atoms with Crippen LogP contribution in [-0.4, -0.2) is 59.5 Å². The SMILES string of the molecule is CO[C@]1(C(=O)N[C@@H](C)c2ccc(-n3cc(F)cn3)nc2)CC[C@H](c2nc3c(c(Nc4cc(C)[nH]n4)n2)CCC(=O)N3)CC1. The normalized spacial score (nSPS) is 20.7. The van der Waals surface area contributed by atoms with Crippen LogP contribution in [-0.2, 0) is 20.7 Å². The molecule has 0 radical (unpaired) electrons. The van der Waals surface area contributed by atoms with Gasteiger partial charge in [0.05, 0.1) is 18.4 Å². The molecule has 0 bridgehead atoms. The molecule has 14 heteroatoms. The van der Waals surface area contributed by atoms with E-state index in [1.807, 2.05) is 26.0 Å². The van der Waals surface area contributed by atoms with E-state index in [4.69, 9.17) is 14.7 Å². The molecule has 2 amide bonds. The van der Waals surface area contributed by atoms with Crippen molar-refractivity contribution in [1.29, 1.82) is 0 Å². The van der Waals surface area contributed by atoms with Crippen molar-refractivity contribution in [2.24, 2.45) is 0 Å². The fourth-order valence-electron chi connectivity index (χ4n) is 5.66. The number of pyridine rings is 1. The van der Waals surface area contributed by atoms with Gasteiger partial charge in [0.15, 0.2) is 17.5 Å². The number of fused-ring (bicyclic) bond motifs is 1. The molecular weight excluding hydrogens is 555 g/mol. The molecule has 0 saturated heterocycles. The molecule has 1 aliphatic heterocycles. The van der Waals surface area contributed by atoms with Gasteiger partial charge < -0.3 is 20.7 Å². The summed E-state index contributed by atoms with van der Waals surface area (Å²) in [6.45, 7) is 3.79. The van der Waals surface area contributed by atoms with Gasteiger partial charge in [-0.3, -0.25) is 14.7 Å². The molecule has 4 aromatic heterocycles. The van der Waals surface area contributed by atoms with Crippen LogP contribution in [0.15, 0.2) is 36.8 Å². The van der Waals surface area contributed by atoms with E-state index >= 15 is 0 Å². The molecule has 6 rings (SSSR count). The lowest BCUT2D eigenvalue weighted by Crippen LogP contribution is -2.51. The van der Waals surface area contributed by atoms with Crippen LogP contribution in [0.3, 0.4) is 0 Å². The van der Waals surface area contributed by atoms with E-state index in [1.54, 1.807) is 19.4 Å². The highest BCUT2D eigenvalue weighted by Crippen LogP contribution is 2.41. The molecule has 4 aromatic rings. The summed E-state index contributed by atoms with van der Waals surface area (Å²) in [6.07, 6.45) is 7.09. The van der Waals surface area contributed by atoms with Gasteiger partial charge in [-0.05, 0) is 57.6 Å². The number of carbonyl (C=O) groups excluding carboxylic acids is 2. The molecule has 43 heavy (non-hydrogen) atoms. The quantitative estimate of drug-likeness (QED) is 0.240. The van der Waals surface area contributed by atoms with Gasteiger partial charge in [0, 0.05) is 43.0 Å². The summed E-state index contributed by atoms with van der Waals surface area (Å²) in [6, 6.07) is 5.10. The first-order valence-corrected chi connectivity index (χ1v) is 14.3. The number of rotatable bonds is 8. The lowest BCUT2D eigenvalue weighted by molar-refractivity contribution is -0.148. The van der Waals surface area contributed by atoms with Gasteiger partial charge >= 0.3 is 0 Å². The second kappa shape index (κ2) is 11.5. The van der Waals surface area contributed by atoms with E-state index in [-0.39, 0.29) is 23.8 Å². The van der Waals surface area contributed by atoms with E-state index < -0.39 is 11.4 Å². The third kappa shape index (κ3) is 5.82. The number of H-pyrrole nitrogens is 1. The van der Waals surface area contributed by atoms with E-state index in [0.29, 0.717) is 67.6 Å². The van der Waals surface area contributed by atoms with Crippen LogP contribution in [0.5, 0.6) is 0 Å². The summed E-state index contributed by atoms with van der Waals surface area (Å²) in [5.41, 5.74) is 1.55. The third-order valence-electron chi connectivity index (χ3n) is 8.20. The second-order valence-electron chi connectivity index (χ2n) is 11.1. The second-order valence-corrected chi connectivity index (χ2v) is 11.1. The Hall–Kier alpha value is -4.72. The molecule has 1 fully saturated rings. The average Bonchev–Trinajstić information content (AvgIpc) is 3.64. The highest BCUT2D eigenvalue weighted by molar-refractivity contribution is 5.94. The van der Waals surface area contributed by atoms with Crippen LogP contribution in [0.4, 0.5) is 21.8 Å². The van der Waals surface area contributed by atoms with Crippen molar-refractivity contribution >= 4 is 29.3 Å². The molecule has 4 N–H and O–H groups in total. The number of halogens is 1. The number of aryl methyl sites for hydroxylation is 1. The Kier molecular flexibility index (Phi) is 7.61. The number of hydrogen-bond acceptors (Lipinski definition) is 9. The zero-order valence-electron chi connectivity index (χ0n) is 24.1. The summed E-state index contributed by atoms with van der Waals surface area (Å²) < 4.78 is 20.5. The minimum absolute atomic E-state index is 0.0250.